The average Bonchev–Trinajstić information content (AvgIpc) is 2.83. The molecule has 0 spiro atoms. The second-order valence-corrected chi connectivity index (χ2v) is 8.55. The normalized spacial score (nSPS) is 12.2. The molecule has 0 saturated carbocycles. The number of carbonyl (C=O) groups excluding carboxylic acids is 1. The van der Waals surface area contributed by atoms with E-state index in [1.807, 2.05) is 24.3 Å². The first kappa shape index (κ1) is 16.7. The Morgan fingerprint density at radius 3 is 2.67 bits per heavy atom. The highest BCUT2D eigenvalue weighted by molar-refractivity contribution is 9.12. The first-order chi connectivity index (χ1) is 10.0. The van der Waals surface area contributed by atoms with Crippen LogP contribution >= 0.6 is 43.2 Å². The summed E-state index contributed by atoms with van der Waals surface area (Å²) in [6, 6.07) is 9.74. The van der Waals surface area contributed by atoms with Gasteiger partial charge in [0.05, 0.1) is 7.57 Å². The molecule has 0 aliphatic rings. The molecular weight excluding hydrogens is 416 g/mol. The Balaban J connectivity index is 2.10. The number of Topliss-reactive ketones (excluding diaryl/α,β-unsaturated/α-hetero) is 1. The molecule has 0 N–H and O–H groups in total. The fourth-order valence-corrected chi connectivity index (χ4v) is 4.85. The van der Waals surface area contributed by atoms with Crippen LogP contribution in [0, 0.1) is 0 Å². The second kappa shape index (κ2) is 7.56. The Morgan fingerprint density at radius 1 is 1.33 bits per heavy atom. The molecule has 0 radical (unpaired) electrons. The number of ether oxygens (including phenoxy) is 1. The van der Waals surface area contributed by atoms with Crippen LogP contribution in [-0.4, -0.2) is 12.4 Å². The van der Waals surface area contributed by atoms with Crippen LogP contribution in [-0.2, 0) is 0 Å². The van der Waals surface area contributed by atoms with Crippen LogP contribution < -0.4 is 4.74 Å². The molecule has 1 aromatic carbocycles. The molecule has 0 fully saturated rings. The summed E-state index contributed by atoms with van der Waals surface area (Å²) in [6.07, 6.45) is 1.04. The standard InChI is InChI=1S/C16H16Br2O2S/c1-3-10(2)11-6-4-5-7-14(11)20-9-13(19)12-8-15(17)21-16(12)18/h4-8,10H,3,9H2,1-2H3. The van der Waals surface area contributed by atoms with Crippen LogP contribution in [0.1, 0.15) is 42.1 Å². The van der Waals surface area contributed by atoms with Crippen LogP contribution in [0.25, 0.3) is 0 Å². The van der Waals surface area contributed by atoms with Gasteiger partial charge in [0.2, 0.25) is 5.78 Å². The number of rotatable bonds is 6. The van der Waals surface area contributed by atoms with Crippen molar-refractivity contribution in [2.24, 2.45) is 0 Å². The van der Waals surface area contributed by atoms with Crippen LogP contribution in [0.5, 0.6) is 5.75 Å². The van der Waals surface area contributed by atoms with Crippen molar-refractivity contribution in [2.75, 3.05) is 6.61 Å². The lowest BCUT2D eigenvalue weighted by molar-refractivity contribution is 0.0920. The summed E-state index contributed by atoms with van der Waals surface area (Å²) in [4.78, 5) is 12.2. The molecule has 2 nitrogen and oxygen atoms in total. The third-order valence-electron chi connectivity index (χ3n) is 3.38. The summed E-state index contributed by atoms with van der Waals surface area (Å²) < 4.78 is 7.52. The molecule has 2 rings (SSSR count). The van der Waals surface area contributed by atoms with Gasteiger partial charge in [0.15, 0.2) is 6.61 Å². The maximum atomic E-state index is 12.2. The molecule has 1 aromatic heterocycles. The SMILES string of the molecule is CCC(C)c1ccccc1OCC(=O)c1cc(Br)sc1Br. The minimum atomic E-state index is -0.0252. The molecule has 0 aliphatic heterocycles. The van der Waals surface area contributed by atoms with Gasteiger partial charge in [0, 0.05) is 5.56 Å². The zero-order chi connectivity index (χ0) is 15.4. The van der Waals surface area contributed by atoms with Crippen molar-refractivity contribution in [2.45, 2.75) is 26.2 Å². The van der Waals surface area contributed by atoms with Gasteiger partial charge in [0.1, 0.15) is 5.75 Å². The number of hydrogen-bond acceptors (Lipinski definition) is 3. The zero-order valence-electron chi connectivity index (χ0n) is 11.9. The van der Waals surface area contributed by atoms with Crippen molar-refractivity contribution in [1.29, 1.82) is 0 Å². The number of halogens is 2. The first-order valence-corrected chi connectivity index (χ1v) is 9.13. The lowest BCUT2D eigenvalue weighted by atomic mass is 9.98. The minimum absolute atomic E-state index is 0.0252. The Hall–Kier alpha value is -0.650. The third kappa shape index (κ3) is 4.18. The van der Waals surface area contributed by atoms with Gasteiger partial charge in [0.25, 0.3) is 0 Å². The monoisotopic (exact) mass is 430 g/mol. The summed E-state index contributed by atoms with van der Waals surface area (Å²) in [7, 11) is 0. The lowest BCUT2D eigenvalue weighted by Crippen LogP contribution is -2.12. The predicted octanol–water partition coefficient (Wildman–Crippen LogP) is 6.05. The molecule has 2 aromatic rings. The molecule has 5 heteroatoms. The van der Waals surface area contributed by atoms with E-state index in [1.165, 1.54) is 11.3 Å². The maximum absolute atomic E-state index is 12.2. The van der Waals surface area contributed by atoms with E-state index >= 15 is 0 Å². The van der Waals surface area contributed by atoms with Crippen molar-refractivity contribution in [3.8, 4) is 5.75 Å². The highest BCUT2D eigenvalue weighted by atomic mass is 79.9. The zero-order valence-corrected chi connectivity index (χ0v) is 15.8. The highest BCUT2D eigenvalue weighted by Crippen LogP contribution is 2.33. The van der Waals surface area contributed by atoms with Gasteiger partial charge in [-0.05, 0) is 61.9 Å². The third-order valence-corrected chi connectivity index (χ3v) is 5.72. The van der Waals surface area contributed by atoms with Crippen molar-refractivity contribution >= 4 is 49.0 Å². The number of benzene rings is 1. The van der Waals surface area contributed by atoms with Gasteiger partial charge in [-0.2, -0.15) is 0 Å². The number of carbonyl (C=O) groups is 1. The Morgan fingerprint density at radius 2 is 2.05 bits per heavy atom. The largest absolute Gasteiger partial charge is 0.485 e. The molecule has 0 amide bonds. The average molecular weight is 432 g/mol. The molecule has 21 heavy (non-hydrogen) atoms. The quantitative estimate of drug-likeness (QED) is 0.520. The molecule has 0 saturated heterocycles. The maximum Gasteiger partial charge on any atom is 0.202 e. The number of para-hydroxylation sites is 1. The molecule has 1 atom stereocenters. The molecule has 1 heterocycles. The second-order valence-electron chi connectivity index (χ2n) is 4.80. The van der Waals surface area contributed by atoms with E-state index in [4.69, 9.17) is 4.74 Å². The van der Waals surface area contributed by atoms with Crippen LogP contribution in [0.2, 0.25) is 0 Å². The number of ketones is 1. The molecule has 112 valence electrons. The van der Waals surface area contributed by atoms with Crippen molar-refractivity contribution < 1.29 is 9.53 Å². The fraction of sp³-hybridized carbons (Fsp3) is 0.312. The van der Waals surface area contributed by atoms with E-state index < -0.39 is 0 Å². The first-order valence-electron chi connectivity index (χ1n) is 6.72. The van der Waals surface area contributed by atoms with E-state index in [1.54, 1.807) is 0 Å². The van der Waals surface area contributed by atoms with Crippen molar-refractivity contribution in [1.82, 2.24) is 0 Å². The van der Waals surface area contributed by atoms with E-state index in [0.29, 0.717) is 11.5 Å². The number of thiophene rings is 1. The molecule has 0 aliphatic carbocycles. The van der Waals surface area contributed by atoms with Gasteiger partial charge in [-0.1, -0.05) is 32.0 Å². The van der Waals surface area contributed by atoms with Gasteiger partial charge >= 0.3 is 0 Å². The van der Waals surface area contributed by atoms with Crippen molar-refractivity contribution in [3.05, 3.63) is 49.0 Å². The summed E-state index contributed by atoms with van der Waals surface area (Å²) in [5.41, 5.74) is 1.81. The van der Waals surface area contributed by atoms with Gasteiger partial charge < -0.3 is 4.74 Å². The smallest absolute Gasteiger partial charge is 0.202 e. The molecule has 0 bridgehead atoms. The van der Waals surface area contributed by atoms with Crippen LogP contribution in [0.4, 0.5) is 0 Å². The minimum Gasteiger partial charge on any atom is -0.485 e. The van der Waals surface area contributed by atoms with Crippen molar-refractivity contribution in [3.63, 3.8) is 0 Å². The lowest BCUT2D eigenvalue weighted by Gasteiger charge is -2.15. The predicted molar refractivity (Wildman–Crippen MR) is 94.7 cm³/mol. The Kier molecular flexibility index (Phi) is 6.02. The van der Waals surface area contributed by atoms with Crippen LogP contribution in [0.3, 0.4) is 0 Å². The summed E-state index contributed by atoms with van der Waals surface area (Å²) in [5, 5.41) is 0. The molecule has 1 unspecified atom stereocenters. The van der Waals surface area contributed by atoms with E-state index in [2.05, 4.69) is 51.8 Å². The Labute approximate surface area is 145 Å². The summed E-state index contributed by atoms with van der Waals surface area (Å²) >= 11 is 8.28. The molecular formula is C16H16Br2O2S. The van der Waals surface area contributed by atoms with E-state index in [0.717, 1.165) is 25.3 Å². The van der Waals surface area contributed by atoms with E-state index in [-0.39, 0.29) is 12.4 Å². The fourth-order valence-electron chi connectivity index (χ4n) is 1.99. The topological polar surface area (TPSA) is 26.3 Å². The Bertz CT molecular complexity index is 637. The summed E-state index contributed by atoms with van der Waals surface area (Å²) in [5.74, 6) is 1.19. The highest BCUT2D eigenvalue weighted by Gasteiger charge is 2.16. The van der Waals surface area contributed by atoms with Gasteiger partial charge in [-0.25, -0.2) is 0 Å². The summed E-state index contributed by atoms with van der Waals surface area (Å²) in [6.45, 7) is 4.36. The van der Waals surface area contributed by atoms with Crippen LogP contribution in [0.15, 0.2) is 37.9 Å². The van der Waals surface area contributed by atoms with E-state index in [9.17, 15) is 4.79 Å². The number of hydrogen-bond donors (Lipinski definition) is 0. The van der Waals surface area contributed by atoms with Gasteiger partial charge in [-0.3, -0.25) is 4.79 Å². The van der Waals surface area contributed by atoms with Gasteiger partial charge in [-0.15, -0.1) is 11.3 Å².